The van der Waals surface area contributed by atoms with E-state index < -0.39 is 0 Å². The van der Waals surface area contributed by atoms with Crippen LogP contribution in [0.4, 0.5) is 11.5 Å². The summed E-state index contributed by atoms with van der Waals surface area (Å²) in [5.41, 5.74) is 1.70. The number of hydrogen-bond acceptors (Lipinski definition) is 4. The van der Waals surface area contributed by atoms with Gasteiger partial charge < -0.3 is 10.1 Å². The number of aromatic nitrogens is 2. The van der Waals surface area contributed by atoms with Crippen molar-refractivity contribution in [1.82, 2.24) is 10.2 Å². The number of para-hydroxylation sites is 1. The average molecular weight is 362 g/mol. The van der Waals surface area contributed by atoms with Crippen molar-refractivity contribution in [2.75, 3.05) is 5.32 Å². The van der Waals surface area contributed by atoms with Gasteiger partial charge in [-0.1, -0.05) is 54.1 Å². The molecule has 5 heteroatoms. The van der Waals surface area contributed by atoms with Crippen LogP contribution < -0.4 is 10.1 Å². The zero-order valence-corrected chi connectivity index (χ0v) is 14.6. The number of benzene rings is 3. The smallest absolute Gasteiger partial charge is 0.160 e. The molecule has 0 saturated heterocycles. The normalized spacial score (nSPS) is 10.7. The molecular weight excluding hydrogens is 346 g/mol. The number of ether oxygens (including phenoxy) is 1. The molecule has 0 amide bonds. The van der Waals surface area contributed by atoms with Crippen LogP contribution in [0.3, 0.4) is 0 Å². The minimum absolute atomic E-state index is 0.360. The first-order valence-corrected chi connectivity index (χ1v) is 8.62. The first kappa shape index (κ1) is 16.4. The predicted molar refractivity (Wildman–Crippen MR) is 105 cm³/mol. The van der Waals surface area contributed by atoms with Crippen molar-refractivity contribution < 1.29 is 4.74 Å². The fourth-order valence-electron chi connectivity index (χ4n) is 2.70. The topological polar surface area (TPSA) is 47.0 Å². The molecule has 1 N–H and O–H groups in total. The highest BCUT2D eigenvalue weighted by Crippen LogP contribution is 2.27. The second kappa shape index (κ2) is 7.42. The van der Waals surface area contributed by atoms with E-state index in [0.717, 1.165) is 27.9 Å². The van der Waals surface area contributed by atoms with Gasteiger partial charge in [-0.3, -0.25) is 0 Å². The number of halogens is 1. The van der Waals surface area contributed by atoms with E-state index in [1.807, 2.05) is 78.9 Å². The summed E-state index contributed by atoms with van der Waals surface area (Å²) in [5.74, 6) is 1.51. The third-order valence-corrected chi connectivity index (χ3v) is 4.24. The van der Waals surface area contributed by atoms with E-state index in [9.17, 15) is 0 Å². The second-order valence-electron chi connectivity index (χ2n) is 5.77. The lowest BCUT2D eigenvalue weighted by Gasteiger charge is -2.12. The molecule has 0 unspecified atom stereocenters. The number of fused-ring (bicyclic) bond motifs is 1. The summed E-state index contributed by atoms with van der Waals surface area (Å²) in [6, 6.07) is 25.2. The van der Waals surface area contributed by atoms with E-state index >= 15 is 0 Å². The Hall–Kier alpha value is -3.11. The summed E-state index contributed by atoms with van der Waals surface area (Å²) in [6.07, 6.45) is 0. The molecule has 26 heavy (non-hydrogen) atoms. The third-order valence-electron chi connectivity index (χ3n) is 3.99. The Balaban J connectivity index is 1.63. The molecule has 1 heterocycles. The second-order valence-corrected chi connectivity index (χ2v) is 6.21. The summed E-state index contributed by atoms with van der Waals surface area (Å²) >= 11 is 5.95. The lowest BCUT2D eigenvalue weighted by atomic mass is 10.1. The molecule has 3 aromatic carbocycles. The van der Waals surface area contributed by atoms with Gasteiger partial charge in [0.1, 0.15) is 18.1 Å². The van der Waals surface area contributed by atoms with Crippen molar-refractivity contribution in [2.24, 2.45) is 0 Å². The molecule has 0 aliphatic heterocycles. The predicted octanol–water partition coefficient (Wildman–Crippen LogP) is 5.61. The van der Waals surface area contributed by atoms with Gasteiger partial charge >= 0.3 is 0 Å². The number of nitrogens with one attached hydrogen (secondary N) is 1. The van der Waals surface area contributed by atoms with E-state index in [1.54, 1.807) is 0 Å². The van der Waals surface area contributed by atoms with E-state index in [1.165, 1.54) is 0 Å². The van der Waals surface area contributed by atoms with Gasteiger partial charge in [-0.15, -0.1) is 10.2 Å². The summed E-state index contributed by atoms with van der Waals surface area (Å²) in [5, 5.41) is 14.7. The van der Waals surface area contributed by atoms with E-state index in [0.29, 0.717) is 17.4 Å². The van der Waals surface area contributed by atoms with Crippen molar-refractivity contribution in [2.45, 2.75) is 6.61 Å². The van der Waals surface area contributed by atoms with Crippen LogP contribution in [0.2, 0.25) is 5.02 Å². The Morgan fingerprint density at radius 3 is 2.23 bits per heavy atom. The first-order valence-electron chi connectivity index (χ1n) is 8.24. The zero-order chi connectivity index (χ0) is 17.8. The maximum absolute atomic E-state index is 5.95. The SMILES string of the molecule is Clc1ccc(Nc2nnc(COc3ccccc3)c3ccccc23)cc1. The number of rotatable bonds is 5. The van der Waals surface area contributed by atoms with Crippen LogP contribution in [0.1, 0.15) is 5.69 Å². The molecule has 0 spiro atoms. The van der Waals surface area contributed by atoms with Crippen LogP contribution in [0.15, 0.2) is 78.9 Å². The fourth-order valence-corrected chi connectivity index (χ4v) is 2.82. The average Bonchev–Trinajstić information content (AvgIpc) is 2.70. The van der Waals surface area contributed by atoms with E-state index in [-0.39, 0.29) is 0 Å². The molecule has 0 saturated carbocycles. The quantitative estimate of drug-likeness (QED) is 0.502. The highest BCUT2D eigenvalue weighted by molar-refractivity contribution is 6.30. The molecule has 0 atom stereocenters. The minimum atomic E-state index is 0.360. The first-order chi connectivity index (χ1) is 12.8. The maximum atomic E-state index is 5.95. The highest BCUT2D eigenvalue weighted by atomic mass is 35.5. The molecular formula is C21H16ClN3O. The van der Waals surface area contributed by atoms with Crippen molar-refractivity contribution in [3.05, 3.63) is 89.6 Å². The molecule has 4 nitrogen and oxygen atoms in total. The van der Waals surface area contributed by atoms with Crippen LogP contribution in [-0.4, -0.2) is 10.2 Å². The number of anilines is 2. The van der Waals surface area contributed by atoms with E-state index in [4.69, 9.17) is 16.3 Å². The third kappa shape index (κ3) is 3.60. The minimum Gasteiger partial charge on any atom is -0.487 e. The fraction of sp³-hybridized carbons (Fsp3) is 0.0476. The Morgan fingerprint density at radius 1 is 0.769 bits per heavy atom. The summed E-state index contributed by atoms with van der Waals surface area (Å²) in [7, 11) is 0. The lowest BCUT2D eigenvalue weighted by Crippen LogP contribution is -2.04. The summed E-state index contributed by atoms with van der Waals surface area (Å²) in [4.78, 5) is 0. The van der Waals surface area contributed by atoms with E-state index in [2.05, 4.69) is 15.5 Å². The molecule has 4 aromatic rings. The van der Waals surface area contributed by atoms with Crippen molar-refractivity contribution in [3.63, 3.8) is 0 Å². The van der Waals surface area contributed by atoms with Crippen molar-refractivity contribution in [3.8, 4) is 5.75 Å². The molecule has 0 fully saturated rings. The maximum Gasteiger partial charge on any atom is 0.160 e. The molecule has 1 aromatic heterocycles. The van der Waals surface area contributed by atoms with Crippen molar-refractivity contribution >= 4 is 33.9 Å². The van der Waals surface area contributed by atoms with Gasteiger partial charge in [0, 0.05) is 21.5 Å². The van der Waals surface area contributed by atoms with Gasteiger partial charge in [0.15, 0.2) is 5.82 Å². The Labute approximate surface area is 156 Å². The molecule has 0 aliphatic carbocycles. The standard InChI is InChI=1S/C21H16ClN3O/c22-15-10-12-16(13-11-15)23-21-19-9-5-4-8-18(19)20(24-25-21)14-26-17-6-2-1-3-7-17/h1-13H,14H2,(H,23,25). The van der Waals surface area contributed by atoms with Crippen LogP contribution in [0.5, 0.6) is 5.75 Å². The van der Waals surface area contributed by atoms with Gasteiger partial charge in [-0.2, -0.15) is 0 Å². The molecule has 0 aliphatic rings. The molecule has 0 bridgehead atoms. The number of hydrogen-bond donors (Lipinski definition) is 1. The highest BCUT2D eigenvalue weighted by Gasteiger charge is 2.10. The largest absolute Gasteiger partial charge is 0.487 e. The van der Waals surface area contributed by atoms with Crippen LogP contribution in [0.25, 0.3) is 10.8 Å². The van der Waals surface area contributed by atoms with Crippen molar-refractivity contribution in [1.29, 1.82) is 0 Å². The van der Waals surface area contributed by atoms with Crippen LogP contribution in [-0.2, 0) is 6.61 Å². The summed E-state index contributed by atoms with van der Waals surface area (Å²) in [6.45, 7) is 0.360. The Kier molecular flexibility index (Phi) is 4.67. The van der Waals surface area contributed by atoms with Crippen LogP contribution >= 0.6 is 11.6 Å². The molecule has 0 radical (unpaired) electrons. The molecule has 128 valence electrons. The monoisotopic (exact) mass is 361 g/mol. The van der Waals surface area contributed by atoms with Gasteiger partial charge in [0.2, 0.25) is 0 Å². The molecule has 4 rings (SSSR count). The Bertz CT molecular complexity index is 1020. The van der Waals surface area contributed by atoms with Gasteiger partial charge in [-0.25, -0.2) is 0 Å². The number of nitrogens with zero attached hydrogens (tertiary/aromatic N) is 2. The van der Waals surface area contributed by atoms with Gasteiger partial charge in [0.25, 0.3) is 0 Å². The van der Waals surface area contributed by atoms with Crippen LogP contribution in [0, 0.1) is 0 Å². The summed E-state index contributed by atoms with van der Waals surface area (Å²) < 4.78 is 5.83. The lowest BCUT2D eigenvalue weighted by molar-refractivity contribution is 0.301. The Morgan fingerprint density at radius 2 is 1.46 bits per heavy atom. The van der Waals surface area contributed by atoms with Gasteiger partial charge in [0.05, 0.1) is 0 Å². The zero-order valence-electron chi connectivity index (χ0n) is 13.9. The van der Waals surface area contributed by atoms with Gasteiger partial charge in [-0.05, 0) is 36.4 Å².